The number of nitrogens with one attached hydrogen (secondary N) is 2. The molecule has 1 atom stereocenters. The predicted octanol–water partition coefficient (Wildman–Crippen LogP) is 2.68. The van der Waals surface area contributed by atoms with Gasteiger partial charge in [0.05, 0.1) is 12.1 Å². The van der Waals surface area contributed by atoms with Gasteiger partial charge >= 0.3 is 0 Å². The summed E-state index contributed by atoms with van der Waals surface area (Å²) < 4.78 is 0. The molecule has 21 heavy (non-hydrogen) atoms. The van der Waals surface area contributed by atoms with Gasteiger partial charge in [-0.15, -0.1) is 0 Å². The maximum absolute atomic E-state index is 12.6. The molecule has 2 aromatic rings. The molecule has 1 aromatic heterocycles. The van der Waals surface area contributed by atoms with E-state index >= 15 is 0 Å². The lowest BCUT2D eigenvalue weighted by molar-refractivity contribution is 0.0820. The Morgan fingerprint density at radius 2 is 2.14 bits per heavy atom. The Morgan fingerprint density at radius 3 is 2.76 bits per heavy atom. The van der Waals surface area contributed by atoms with E-state index in [1.165, 1.54) is 5.56 Å². The van der Waals surface area contributed by atoms with Crippen LogP contribution in [-0.2, 0) is 0 Å². The van der Waals surface area contributed by atoms with E-state index in [9.17, 15) is 9.90 Å². The summed E-state index contributed by atoms with van der Waals surface area (Å²) in [7, 11) is 0. The van der Waals surface area contributed by atoms with Crippen molar-refractivity contribution >= 4 is 16.8 Å². The Morgan fingerprint density at radius 1 is 1.43 bits per heavy atom. The summed E-state index contributed by atoms with van der Waals surface area (Å²) in [6.45, 7) is 5.90. The Kier molecular flexibility index (Phi) is 3.29. The van der Waals surface area contributed by atoms with E-state index in [1.54, 1.807) is 0 Å². The van der Waals surface area contributed by atoms with Crippen molar-refractivity contribution in [3.63, 3.8) is 0 Å². The van der Waals surface area contributed by atoms with E-state index in [0.29, 0.717) is 11.6 Å². The van der Waals surface area contributed by atoms with Gasteiger partial charge < -0.3 is 15.4 Å². The largest absolute Gasteiger partial charge is 0.394 e. The summed E-state index contributed by atoms with van der Waals surface area (Å²) in [6.07, 6.45) is 2.14. The van der Waals surface area contributed by atoms with Gasteiger partial charge in [-0.25, -0.2) is 0 Å². The van der Waals surface area contributed by atoms with Crippen molar-refractivity contribution in [2.24, 2.45) is 5.92 Å². The van der Waals surface area contributed by atoms with Gasteiger partial charge in [-0.3, -0.25) is 4.79 Å². The molecule has 1 saturated carbocycles. The van der Waals surface area contributed by atoms with Crippen molar-refractivity contribution in [1.29, 1.82) is 0 Å². The van der Waals surface area contributed by atoms with E-state index in [0.717, 1.165) is 29.3 Å². The fourth-order valence-electron chi connectivity index (χ4n) is 2.98. The second kappa shape index (κ2) is 4.88. The molecular formula is C17H22N2O2. The zero-order chi connectivity index (χ0) is 15.2. The lowest BCUT2D eigenvalue weighted by Gasteiger charge is -2.28. The number of carbonyl (C=O) groups excluding carboxylic acids is 1. The molecule has 0 aliphatic heterocycles. The fourth-order valence-corrected chi connectivity index (χ4v) is 2.98. The fraction of sp³-hybridized carbons (Fsp3) is 0.471. The van der Waals surface area contributed by atoms with Gasteiger partial charge in [0.2, 0.25) is 0 Å². The summed E-state index contributed by atoms with van der Waals surface area (Å²) in [5, 5.41) is 13.7. The molecule has 0 saturated heterocycles. The summed E-state index contributed by atoms with van der Waals surface area (Å²) in [5.41, 5.74) is 3.19. The highest BCUT2D eigenvalue weighted by Gasteiger charge is 2.42. The van der Waals surface area contributed by atoms with Crippen LogP contribution < -0.4 is 5.32 Å². The van der Waals surface area contributed by atoms with Gasteiger partial charge in [0.1, 0.15) is 5.69 Å². The molecule has 0 spiro atoms. The average molecular weight is 286 g/mol. The SMILES string of the molecule is Cc1ccc2[nH]c(C(=O)NC(C)(CO)C3CC3)c(C)c2c1. The van der Waals surface area contributed by atoms with E-state index < -0.39 is 5.54 Å². The van der Waals surface area contributed by atoms with Crippen molar-refractivity contribution in [1.82, 2.24) is 10.3 Å². The first-order valence-electron chi connectivity index (χ1n) is 7.47. The van der Waals surface area contributed by atoms with Crippen LogP contribution in [0.5, 0.6) is 0 Å². The first-order valence-corrected chi connectivity index (χ1v) is 7.47. The lowest BCUT2D eigenvalue weighted by atomic mass is 9.96. The molecule has 4 heteroatoms. The minimum absolute atomic E-state index is 0.0260. The van der Waals surface area contributed by atoms with Gasteiger partial charge in [0.25, 0.3) is 5.91 Å². The van der Waals surface area contributed by atoms with Crippen LogP contribution in [0.3, 0.4) is 0 Å². The van der Waals surface area contributed by atoms with Crippen molar-refractivity contribution in [3.05, 3.63) is 35.0 Å². The lowest BCUT2D eigenvalue weighted by Crippen LogP contribution is -2.51. The van der Waals surface area contributed by atoms with Crippen LogP contribution in [-0.4, -0.2) is 28.1 Å². The minimum atomic E-state index is -0.517. The summed E-state index contributed by atoms with van der Waals surface area (Å²) >= 11 is 0. The number of fused-ring (bicyclic) bond motifs is 1. The number of H-pyrrole nitrogens is 1. The number of hydrogen-bond acceptors (Lipinski definition) is 2. The molecular weight excluding hydrogens is 264 g/mol. The van der Waals surface area contributed by atoms with Crippen LogP contribution in [0.25, 0.3) is 10.9 Å². The highest BCUT2D eigenvalue weighted by Crippen LogP contribution is 2.39. The minimum Gasteiger partial charge on any atom is -0.394 e. The van der Waals surface area contributed by atoms with Crippen molar-refractivity contribution in [2.45, 2.75) is 39.2 Å². The molecule has 0 radical (unpaired) electrons. The summed E-state index contributed by atoms with van der Waals surface area (Å²) in [6, 6.07) is 6.12. The number of aliphatic hydroxyl groups is 1. The Bertz CT molecular complexity index is 700. The van der Waals surface area contributed by atoms with Crippen molar-refractivity contribution in [3.8, 4) is 0 Å². The van der Waals surface area contributed by atoms with Crippen LogP contribution in [0.4, 0.5) is 0 Å². The van der Waals surface area contributed by atoms with Crippen LogP contribution in [0.2, 0.25) is 0 Å². The third kappa shape index (κ3) is 2.44. The van der Waals surface area contributed by atoms with Crippen molar-refractivity contribution < 1.29 is 9.90 Å². The first-order chi connectivity index (χ1) is 9.94. The van der Waals surface area contributed by atoms with Crippen LogP contribution in [0.15, 0.2) is 18.2 Å². The molecule has 1 fully saturated rings. The molecule has 1 amide bonds. The molecule has 1 aliphatic carbocycles. The maximum Gasteiger partial charge on any atom is 0.268 e. The van der Waals surface area contributed by atoms with E-state index in [-0.39, 0.29) is 12.5 Å². The molecule has 0 bridgehead atoms. The quantitative estimate of drug-likeness (QED) is 0.809. The normalized spacial score (nSPS) is 17.7. The second-order valence-corrected chi connectivity index (χ2v) is 6.48. The number of rotatable bonds is 4. The molecule has 3 rings (SSSR count). The van der Waals surface area contributed by atoms with Crippen molar-refractivity contribution in [2.75, 3.05) is 6.61 Å². The van der Waals surface area contributed by atoms with E-state index in [1.807, 2.05) is 32.9 Å². The molecule has 4 nitrogen and oxygen atoms in total. The number of aromatic nitrogens is 1. The average Bonchev–Trinajstić information content (AvgIpc) is 3.26. The number of aryl methyl sites for hydroxylation is 2. The maximum atomic E-state index is 12.6. The van der Waals surface area contributed by atoms with Crippen LogP contribution in [0, 0.1) is 19.8 Å². The summed E-state index contributed by atoms with van der Waals surface area (Å²) in [5.74, 6) is 0.253. The highest BCUT2D eigenvalue weighted by atomic mass is 16.3. The Labute approximate surface area is 124 Å². The number of amides is 1. The monoisotopic (exact) mass is 286 g/mol. The van der Waals surface area contributed by atoms with Gasteiger partial charge in [-0.05, 0) is 57.2 Å². The third-order valence-electron chi connectivity index (χ3n) is 4.65. The van der Waals surface area contributed by atoms with E-state index in [4.69, 9.17) is 0 Å². The number of hydrogen-bond donors (Lipinski definition) is 3. The zero-order valence-electron chi connectivity index (χ0n) is 12.8. The van der Waals surface area contributed by atoms with Gasteiger partial charge in [0.15, 0.2) is 0 Å². The van der Waals surface area contributed by atoms with Crippen LogP contribution >= 0.6 is 0 Å². The number of aromatic amines is 1. The number of carbonyl (C=O) groups is 1. The number of aliphatic hydroxyl groups excluding tert-OH is 1. The molecule has 1 aliphatic rings. The summed E-state index contributed by atoms with van der Waals surface area (Å²) in [4.78, 5) is 15.8. The Hall–Kier alpha value is -1.81. The van der Waals surface area contributed by atoms with E-state index in [2.05, 4.69) is 16.4 Å². The predicted molar refractivity (Wildman–Crippen MR) is 83.5 cm³/mol. The first kappa shape index (κ1) is 14.1. The molecule has 3 N–H and O–H groups in total. The molecule has 1 heterocycles. The number of benzene rings is 1. The third-order valence-corrected chi connectivity index (χ3v) is 4.65. The molecule has 112 valence electrons. The topological polar surface area (TPSA) is 65.1 Å². The molecule has 1 aromatic carbocycles. The molecule has 1 unspecified atom stereocenters. The Balaban J connectivity index is 1.92. The van der Waals surface area contributed by atoms with Gasteiger partial charge in [-0.1, -0.05) is 11.6 Å². The van der Waals surface area contributed by atoms with Gasteiger partial charge in [-0.2, -0.15) is 0 Å². The second-order valence-electron chi connectivity index (χ2n) is 6.48. The highest BCUT2D eigenvalue weighted by molar-refractivity contribution is 6.01. The zero-order valence-corrected chi connectivity index (χ0v) is 12.8. The standard InChI is InChI=1S/C17H22N2O2/c1-10-4-7-14-13(8-10)11(2)15(18-14)16(21)19-17(3,9-20)12-5-6-12/h4,7-8,12,18,20H,5-6,9H2,1-3H3,(H,19,21). The van der Waals surface area contributed by atoms with Crippen LogP contribution in [0.1, 0.15) is 41.4 Å². The van der Waals surface area contributed by atoms with Gasteiger partial charge in [0, 0.05) is 10.9 Å². The smallest absolute Gasteiger partial charge is 0.268 e.